The molecule has 0 fully saturated rings. The van der Waals surface area contributed by atoms with Crippen molar-refractivity contribution in [3.63, 3.8) is 0 Å². The van der Waals surface area contributed by atoms with Crippen molar-refractivity contribution in [3.8, 4) is 0 Å². The average Bonchev–Trinajstić information content (AvgIpc) is 2.05. The smallest absolute Gasteiger partial charge is 0.306 e. The SMILES string of the molecule is CCOC(=O)CC(C)C(=O)SCC. The molecule has 0 spiro atoms. The summed E-state index contributed by atoms with van der Waals surface area (Å²) in [4.78, 5) is 22.2. The van der Waals surface area contributed by atoms with E-state index in [1.807, 2.05) is 6.92 Å². The molecule has 0 N–H and O–H groups in total. The highest BCUT2D eigenvalue weighted by molar-refractivity contribution is 8.13. The Bertz CT molecular complexity index is 180. The van der Waals surface area contributed by atoms with Crippen LogP contribution in [0.15, 0.2) is 0 Å². The first kappa shape index (κ1) is 12.5. The Kier molecular flexibility index (Phi) is 6.68. The minimum Gasteiger partial charge on any atom is -0.466 e. The van der Waals surface area contributed by atoms with Crippen LogP contribution in [0.25, 0.3) is 0 Å². The summed E-state index contributed by atoms with van der Waals surface area (Å²) >= 11 is 1.25. The van der Waals surface area contributed by atoms with Gasteiger partial charge >= 0.3 is 5.97 Å². The minimum absolute atomic E-state index is 0.0653. The van der Waals surface area contributed by atoms with Gasteiger partial charge in [0.2, 0.25) is 0 Å². The van der Waals surface area contributed by atoms with E-state index in [1.54, 1.807) is 13.8 Å². The molecule has 0 saturated heterocycles. The first-order valence-electron chi connectivity index (χ1n) is 4.44. The maximum Gasteiger partial charge on any atom is 0.306 e. The molecule has 0 heterocycles. The predicted molar refractivity (Wildman–Crippen MR) is 53.6 cm³/mol. The summed E-state index contributed by atoms with van der Waals surface area (Å²) in [6.07, 6.45) is 0.194. The first-order chi connectivity index (χ1) is 6.11. The molecule has 0 aromatic rings. The molecule has 0 aliphatic heterocycles. The summed E-state index contributed by atoms with van der Waals surface area (Å²) in [6, 6.07) is 0. The van der Waals surface area contributed by atoms with E-state index in [-0.39, 0.29) is 23.4 Å². The number of hydrogen-bond acceptors (Lipinski definition) is 4. The molecular formula is C9H16O3S. The largest absolute Gasteiger partial charge is 0.466 e. The summed E-state index contributed by atoms with van der Waals surface area (Å²) in [5.41, 5.74) is 0. The van der Waals surface area contributed by atoms with Crippen LogP contribution in [0.3, 0.4) is 0 Å². The third-order valence-electron chi connectivity index (χ3n) is 1.47. The Morgan fingerprint density at radius 3 is 2.46 bits per heavy atom. The third kappa shape index (κ3) is 5.69. The van der Waals surface area contributed by atoms with Crippen molar-refractivity contribution >= 4 is 22.8 Å². The Hall–Kier alpha value is -0.510. The molecular weight excluding hydrogens is 188 g/mol. The summed E-state index contributed by atoms with van der Waals surface area (Å²) in [5.74, 6) is 0.232. The molecule has 0 radical (unpaired) electrons. The van der Waals surface area contributed by atoms with Crippen LogP contribution >= 0.6 is 11.8 Å². The maximum atomic E-state index is 11.2. The van der Waals surface area contributed by atoms with E-state index in [9.17, 15) is 9.59 Å². The zero-order chi connectivity index (χ0) is 10.3. The fraction of sp³-hybridized carbons (Fsp3) is 0.778. The lowest BCUT2D eigenvalue weighted by atomic mass is 10.1. The summed E-state index contributed by atoms with van der Waals surface area (Å²) < 4.78 is 4.74. The van der Waals surface area contributed by atoms with Crippen LogP contribution in [0, 0.1) is 5.92 Å². The second kappa shape index (κ2) is 6.95. The van der Waals surface area contributed by atoms with Crippen LogP contribution in [0.1, 0.15) is 27.2 Å². The standard InChI is InChI=1S/C9H16O3S/c1-4-12-8(10)6-7(3)9(11)13-5-2/h7H,4-6H2,1-3H3. The molecule has 0 aromatic carbocycles. The van der Waals surface area contributed by atoms with Gasteiger partial charge in [-0.25, -0.2) is 0 Å². The normalized spacial score (nSPS) is 12.2. The van der Waals surface area contributed by atoms with Gasteiger partial charge in [0.05, 0.1) is 13.0 Å². The molecule has 1 unspecified atom stereocenters. The fourth-order valence-electron chi connectivity index (χ4n) is 0.838. The minimum atomic E-state index is -0.292. The molecule has 0 bridgehead atoms. The van der Waals surface area contributed by atoms with Gasteiger partial charge in [-0.2, -0.15) is 0 Å². The maximum absolute atomic E-state index is 11.2. The van der Waals surface area contributed by atoms with Gasteiger partial charge in [0.15, 0.2) is 5.12 Å². The van der Waals surface area contributed by atoms with Crippen LogP contribution in [-0.2, 0) is 14.3 Å². The van der Waals surface area contributed by atoms with Gasteiger partial charge < -0.3 is 4.74 Å². The predicted octanol–water partition coefficient (Wildman–Crippen LogP) is 1.86. The second-order valence-corrected chi connectivity index (χ2v) is 3.93. The van der Waals surface area contributed by atoms with E-state index in [4.69, 9.17) is 4.74 Å². The van der Waals surface area contributed by atoms with Crippen LogP contribution in [0.2, 0.25) is 0 Å². The Balaban J connectivity index is 3.78. The molecule has 0 saturated carbocycles. The molecule has 3 nitrogen and oxygen atoms in total. The zero-order valence-electron chi connectivity index (χ0n) is 8.33. The molecule has 4 heteroatoms. The number of carbonyl (C=O) groups excluding carboxylic acids is 2. The van der Waals surface area contributed by atoms with Crippen molar-refractivity contribution in [3.05, 3.63) is 0 Å². The van der Waals surface area contributed by atoms with Crippen LogP contribution in [0.4, 0.5) is 0 Å². The molecule has 1 atom stereocenters. The molecule has 0 rings (SSSR count). The fourth-order valence-corrected chi connectivity index (χ4v) is 1.49. The number of rotatable bonds is 5. The van der Waals surface area contributed by atoms with Gasteiger partial charge in [-0.3, -0.25) is 9.59 Å². The first-order valence-corrected chi connectivity index (χ1v) is 5.42. The van der Waals surface area contributed by atoms with E-state index in [1.165, 1.54) is 11.8 Å². The molecule has 0 aromatic heterocycles. The van der Waals surface area contributed by atoms with Gasteiger partial charge in [0, 0.05) is 5.92 Å². The van der Waals surface area contributed by atoms with Crippen molar-refractivity contribution in [2.24, 2.45) is 5.92 Å². The van der Waals surface area contributed by atoms with E-state index in [2.05, 4.69) is 0 Å². The van der Waals surface area contributed by atoms with Crippen LogP contribution in [-0.4, -0.2) is 23.4 Å². The highest BCUT2D eigenvalue weighted by atomic mass is 32.2. The van der Waals surface area contributed by atoms with E-state index in [0.29, 0.717) is 6.61 Å². The van der Waals surface area contributed by atoms with Gasteiger partial charge in [-0.1, -0.05) is 25.6 Å². The lowest BCUT2D eigenvalue weighted by Gasteiger charge is -2.07. The van der Waals surface area contributed by atoms with Gasteiger partial charge in [0.25, 0.3) is 0 Å². The molecule has 0 aliphatic carbocycles. The Labute approximate surface area is 83.2 Å². The summed E-state index contributed by atoms with van der Waals surface area (Å²) in [5, 5.41) is 0.0653. The molecule has 0 amide bonds. The second-order valence-electron chi connectivity index (χ2n) is 2.66. The number of esters is 1. The molecule has 0 aliphatic rings. The van der Waals surface area contributed by atoms with Gasteiger partial charge in [-0.05, 0) is 12.7 Å². The number of carbonyl (C=O) groups is 2. The van der Waals surface area contributed by atoms with E-state index >= 15 is 0 Å². The lowest BCUT2D eigenvalue weighted by Crippen LogP contribution is -2.15. The van der Waals surface area contributed by atoms with Crippen molar-refractivity contribution < 1.29 is 14.3 Å². The average molecular weight is 204 g/mol. The molecule has 13 heavy (non-hydrogen) atoms. The van der Waals surface area contributed by atoms with Crippen molar-refractivity contribution in [2.75, 3.05) is 12.4 Å². The monoisotopic (exact) mass is 204 g/mol. The highest BCUT2D eigenvalue weighted by Gasteiger charge is 2.17. The highest BCUT2D eigenvalue weighted by Crippen LogP contribution is 2.14. The quantitative estimate of drug-likeness (QED) is 0.641. The van der Waals surface area contributed by atoms with Crippen LogP contribution < -0.4 is 0 Å². The van der Waals surface area contributed by atoms with Crippen LogP contribution in [0.5, 0.6) is 0 Å². The number of hydrogen-bond donors (Lipinski definition) is 0. The van der Waals surface area contributed by atoms with Crippen molar-refractivity contribution in [2.45, 2.75) is 27.2 Å². The Morgan fingerprint density at radius 2 is 2.00 bits per heavy atom. The van der Waals surface area contributed by atoms with Crippen molar-refractivity contribution in [1.82, 2.24) is 0 Å². The zero-order valence-corrected chi connectivity index (χ0v) is 9.15. The number of ether oxygens (including phenoxy) is 1. The van der Waals surface area contributed by atoms with Gasteiger partial charge in [0.1, 0.15) is 0 Å². The molecule has 76 valence electrons. The summed E-state index contributed by atoms with van der Waals surface area (Å²) in [7, 11) is 0. The van der Waals surface area contributed by atoms with Gasteiger partial charge in [-0.15, -0.1) is 0 Å². The summed E-state index contributed by atoms with van der Waals surface area (Å²) in [6.45, 7) is 5.80. The number of thioether (sulfide) groups is 1. The van der Waals surface area contributed by atoms with E-state index < -0.39 is 0 Å². The lowest BCUT2D eigenvalue weighted by molar-refractivity contribution is -0.145. The van der Waals surface area contributed by atoms with E-state index in [0.717, 1.165) is 5.75 Å². The third-order valence-corrected chi connectivity index (χ3v) is 2.44. The Morgan fingerprint density at radius 1 is 1.38 bits per heavy atom. The topological polar surface area (TPSA) is 43.4 Å². The van der Waals surface area contributed by atoms with Crippen molar-refractivity contribution in [1.29, 1.82) is 0 Å².